The first kappa shape index (κ1) is 11.8. The van der Waals surface area contributed by atoms with Crippen LogP contribution in [0.1, 0.15) is 13.8 Å². The Labute approximate surface area is 97.3 Å². The van der Waals surface area contributed by atoms with E-state index in [4.69, 9.17) is 10.5 Å². The van der Waals surface area contributed by atoms with E-state index in [2.05, 4.69) is 17.9 Å². The van der Waals surface area contributed by atoms with Gasteiger partial charge in [-0.25, -0.2) is 0 Å². The highest BCUT2D eigenvalue weighted by Gasteiger charge is 2.53. The molecule has 4 nitrogen and oxygen atoms in total. The van der Waals surface area contributed by atoms with Crippen molar-refractivity contribution in [1.29, 1.82) is 5.26 Å². The fourth-order valence-corrected chi connectivity index (χ4v) is 2.98. The molecule has 0 bridgehead atoms. The van der Waals surface area contributed by atoms with Gasteiger partial charge in [-0.3, -0.25) is 0 Å². The van der Waals surface area contributed by atoms with Crippen molar-refractivity contribution in [3.63, 3.8) is 0 Å². The molecule has 2 N–H and O–H groups in total. The molecular formula is C12H21N3O. The summed E-state index contributed by atoms with van der Waals surface area (Å²) in [6.45, 7) is 8.56. The van der Waals surface area contributed by atoms with Crippen molar-refractivity contribution in [2.45, 2.75) is 19.9 Å². The van der Waals surface area contributed by atoms with E-state index in [0.717, 1.165) is 32.8 Å². The summed E-state index contributed by atoms with van der Waals surface area (Å²) in [6, 6.07) is 2.65. The van der Waals surface area contributed by atoms with E-state index >= 15 is 0 Å². The van der Waals surface area contributed by atoms with E-state index in [-0.39, 0.29) is 17.4 Å². The highest BCUT2D eigenvalue weighted by molar-refractivity contribution is 5.08. The molecule has 0 saturated carbocycles. The van der Waals surface area contributed by atoms with E-state index < -0.39 is 0 Å². The van der Waals surface area contributed by atoms with Crippen LogP contribution < -0.4 is 5.73 Å². The van der Waals surface area contributed by atoms with Crippen LogP contribution in [-0.2, 0) is 4.74 Å². The SMILES string of the molecule is CC(N)CN1CC(C)C2(COC2)C(C#N)C1. The van der Waals surface area contributed by atoms with E-state index in [1.807, 2.05) is 6.92 Å². The Balaban J connectivity index is 2.05. The molecule has 0 amide bonds. The molecule has 0 radical (unpaired) electrons. The zero-order valence-electron chi connectivity index (χ0n) is 10.1. The standard InChI is InChI=1S/C12H21N3O/c1-9-4-15(5-10(2)14)6-11(3-13)12(9)7-16-8-12/h9-11H,4-8,14H2,1-2H3. The van der Waals surface area contributed by atoms with Gasteiger partial charge < -0.3 is 15.4 Å². The summed E-state index contributed by atoms with van der Waals surface area (Å²) < 4.78 is 5.34. The topological polar surface area (TPSA) is 62.3 Å². The average molecular weight is 223 g/mol. The van der Waals surface area contributed by atoms with Crippen molar-refractivity contribution in [2.75, 3.05) is 32.8 Å². The maximum absolute atomic E-state index is 9.30. The normalized spacial score (nSPS) is 35.4. The van der Waals surface area contributed by atoms with Gasteiger partial charge in [-0.05, 0) is 12.8 Å². The molecule has 1 spiro atoms. The van der Waals surface area contributed by atoms with Gasteiger partial charge in [0.05, 0.1) is 25.2 Å². The van der Waals surface area contributed by atoms with Crippen LogP contribution in [0.3, 0.4) is 0 Å². The van der Waals surface area contributed by atoms with Gasteiger partial charge in [0.15, 0.2) is 0 Å². The van der Waals surface area contributed by atoms with Crippen molar-refractivity contribution >= 4 is 0 Å². The largest absolute Gasteiger partial charge is 0.380 e. The second kappa shape index (κ2) is 4.33. The van der Waals surface area contributed by atoms with E-state index in [9.17, 15) is 5.26 Å². The Kier molecular flexibility index (Phi) is 3.20. The summed E-state index contributed by atoms with van der Waals surface area (Å²) in [6.07, 6.45) is 0. The number of ether oxygens (including phenoxy) is 1. The first-order chi connectivity index (χ1) is 7.58. The third-order valence-corrected chi connectivity index (χ3v) is 4.09. The van der Waals surface area contributed by atoms with Gasteiger partial charge in [0.1, 0.15) is 0 Å². The molecule has 3 atom stereocenters. The average Bonchev–Trinajstić information content (AvgIpc) is 2.12. The van der Waals surface area contributed by atoms with Gasteiger partial charge in [0.2, 0.25) is 0 Å². The highest BCUT2D eigenvalue weighted by atomic mass is 16.5. The summed E-state index contributed by atoms with van der Waals surface area (Å²) in [5.74, 6) is 0.627. The van der Waals surface area contributed by atoms with Crippen LogP contribution in [0.25, 0.3) is 0 Å². The van der Waals surface area contributed by atoms with Gasteiger partial charge >= 0.3 is 0 Å². The van der Waals surface area contributed by atoms with Crippen LogP contribution >= 0.6 is 0 Å². The van der Waals surface area contributed by atoms with Crippen molar-refractivity contribution < 1.29 is 4.74 Å². The zero-order chi connectivity index (χ0) is 11.8. The number of hydrogen-bond acceptors (Lipinski definition) is 4. The number of nitrogens with zero attached hydrogens (tertiary/aromatic N) is 2. The zero-order valence-corrected chi connectivity index (χ0v) is 10.1. The molecule has 2 fully saturated rings. The lowest BCUT2D eigenvalue weighted by Crippen LogP contribution is -2.62. The lowest BCUT2D eigenvalue weighted by atomic mass is 9.63. The van der Waals surface area contributed by atoms with Crippen molar-refractivity contribution in [2.24, 2.45) is 23.0 Å². The third-order valence-electron chi connectivity index (χ3n) is 4.09. The van der Waals surface area contributed by atoms with Crippen LogP contribution in [0, 0.1) is 28.6 Å². The Bertz CT molecular complexity index is 293. The number of likely N-dealkylation sites (tertiary alicyclic amines) is 1. The Morgan fingerprint density at radius 3 is 2.69 bits per heavy atom. The summed E-state index contributed by atoms with van der Waals surface area (Å²) in [5, 5.41) is 9.30. The molecule has 0 aromatic rings. The second-order valence-electron chi connectivity index (χ2n) is 5.50. The summed E-state index contributed by atoms with van der Waals surface area (Å²) in [5.41, 5.74) is 5.95. The molecule has 2 aliphatic heterocycles. The van der Waals surface area contributed by atoms with E-state index in [1.165, 1.54) is 0 Å². The van der Waals surface area contributed by atoms with E-state index in [1.54, 1.807) is 0 Å². The molecular weight excluding hydrogens is 202 g/mol. The van der Waals surface area contributed by atoms with E-state index in [0.29, 0.717) is 5.92 Å². The molecule has 2 saturated heterocycles. The summed E-state index contributed by atoms with van der Waals surface area (Å²) >= 11 is 0. The molecule has 2 aliphatic rings. The highest BCUT2D eigenvalue weighted by Crippen LogP contribution is 2.46. The minimum absolute atomic E-state index is 0.101. The first-order valence-electron chi connectivity index (χ1n) is 6.04. The fraction of sp³-hybridized carbons (Fsp3) is 0.917. The monoisotopic (exact) mass is 223 g/mol. The van der Waals surface area contributed by atoms with Gasteiger partial charge in [-0.2, -0.15) is 5.26 Å². The van der Waals surface area contributed by atoms with Crippen molar-refractivity contribution in [1.82, 2.24) is 4.90 Å². The number of nitrogens with two attached hydrogens (primary N) is 1. The van der Waals surface area contributed by atoms with Crippen LogP contribution in [0.15, 0.2) is 0 Å². The smallest absolute Gasteiger partial charge is 0.0693 e. The molecule has 3 unspecified atom stereocenters. The number of nitriles is 1. The first-order valence-corrected chi connectivity index (χ1v) is 6.04. The fourth-order valence-electron chi connectivity index (χ4n) is 2.98. The van der Waals surface area contributed by atoms with Crippen LogP contribution in [0.2, 0.25) is 0 Å². The lowest BCUT2D eigenvalue weighted by Gasteiger charge is -2.54. The summed E-state index contributed by atoms with van der Waals surface area (Å²) in [4.78, 5) is 2.33. The lowest BCUT2D eigenvalue weighted by molar-refractivity contribution is -0.187. The van der Waals surface area contributed by atoms with Crippen LogP contribution in [0.5, 0.6) is 0 Å². The minimum atomic E-state index is 0.101. The molecule has 2 rings (SSSR count). The van der Waals surface area contributed by atoms with Crippen molar-refractivity contribution in [3.05, 3.63) is 0 Å². The number of piperidine rings is 1. The van der Waals surface area contributed by atoms with Gasteiger partial charge in [-0.15, -0.1) is 0 Å². The molecule has 4 heteroatoms. The summed E-state index contributed by atoms with van der Waals surface area (Å²) in [7, 11) is 0. The molecule has 0 aliphatic carbocycles. The predicted octanol–water partition coefficient (Wildman–Crippen LogP) is 0.442. The van der Waals surface area contributed by atoms with Gasteiger partial charge in [0.25, 0.3) is 0 Å². The van der Waals surface area contributed by atoms with Gasteiger partial charge in [0, 0.05) is 31.1 Å². The Morgan fingerprint density at radius 1 is 1.56 bits per heavy atom. The molecule has 90 valence electrons. The Hall–Kier alpha value is -0.630. The second-order valence-corrected chi connectivity index (χ2v) is 5.50. The maximum atomic E-state index is 9.30. The Morgan fingerprint density at radius 2 is 2.25 bits per heavy atom. The number of hydrogen-bond donors (Lipinski definition) is 1. The number of rotatable bonds is 2. The molecule has 16 heavy (non-hydrogen) atoms. The van der Waals surface area contributed by atoms with Crippen molar-refractivity contribution in [3.8, 4) is 6.07 Å². The van der Waals surface area contributed by atoms with Gasteiger partial charge in [-0.1, -0.05) is 6.92 Å². The third kappa shape index (κ3) is 1.84. The maximum Gasteiger partial charge on any atom is 0.0693 e. The predicted molar refractivity (Wildman–Crippen MR) is 61.6 cm³/mol. The van der Waals surface area contributed by atoms with Crippen LogP contribution in [0.4, 0.5) is 0 Å². The minimum Gasteiger partial charge on any atom is -0.380 e. The van der Waals surface area contributed by atoms with Crippen LogP contribution in [-0.4, -0.2) is 43.8 Å². The quantitative estimate of drug-likeness (QED) is 0.738. The molecule has 2 heterocycles. The molecule has 0 aromatic carbocycles. The molecule has 0 aromatic heterocycles.